The Morgan fingerprint density at radius 1 is 1.32 bits per heavy atom. The predicted octanol–water partition coefficient (Wildman–Crippen LogP) is 2.77. The monoisotopic (exact) mass is 251 g/mol. The molecule has 0 aliphatic heterocycles. The lowest BCUT2D eigenvalue weighted by Gasteiger charge is -2.08. The quantitative estimate of drug-likeness (QED) is 0.912. The lowest BCUT2D eigenvalue weighted by Crippen LogP contribution is -2.14. The highest BCUT2D eigenvalue weighted by Crippen LogP contribution is 2.12. The van der Waals surface area contributed by atoms with Crippen LogP contribution in [-0.4, -0.2) is 10.9 Å². The van der Waals surface area contributed by atoms with Gasteiger partial charge in [0, 0.05) is 11.8 Å². The molecule has 0 aliphatic carbocycles. The molecular weight excluding hydrogens is 238 g/mol. The number of nitrogens with one attached hydrogen (secondary N) is 1. The minimum Gasteiger partial charge on any atom is -0.307 e. The Labute approximate surface area is 111 Å². The lowest BCUT2D eigenvalue weighted by atomic mass is 10.0. The minimum absolute atomic E-state index is 0.186. The molecule has 0 fully saturated rings. The topological polar surface area (TPSA) is 65.8 Å². The van der Waals surface area contributed by atoms with Crippen molar-refractivity contribution >= 4 is 11.7 Å². The van der Waals surface area contributed by atoms with Gasteiger partial charge in [0.1, 0.15) is 11.9 Å². The SMILES string of the molecule is CCc1ccccc1C(=O)Nc1ccc(C#N)cn1. The molecule has 0 bridgehead atoms. The third-order valence-corrected chi connectivity index (χ3v) is 2.78. The first-order valence-electron chi connectivity index (χ1n) is 6.00. The molecule has 1 N–H and O–H groups in total. The largest absolute Gasteiger partial charge is 0.307 e. The number of hydrogen-bond acceptors (Lipinski definition) is 3. The zero-order valence-corrected chi connectivity index (χ0v) is 10.6. The molecule has 0 saturated carbocycles. The summed E-state index contributed by atoms with van der Waals surface area (Å²) in [7, 11) is 0. The highest BCUT2D eigenvalue weighted by atomic mass is 16.1. The van der Waals surface area contributed by atoms with E-state index in [0.29, 0.717) is 16.9 Å². The summed E-state index contributed by atoms with van der Waals surface area (Å²) in [5.41, 5.74) is 2.11. The van der Waals surface area contributed by atoms with Gasteiger partial charge in [0.15, 0.2) is 0 Å². The summed E-state index contributed by atoms with van der Waals surface area (Å²) in [5, 5.41) is 11.4. The van der Waals surface area contributed by atoms with Crippen molar-refractivity contribution in [3.63, 3.8) is 0 Å². The second-order valence-electron chi connectivity index (χ2n) is 4.01. The number of aromatic nitrogens is 1. The molecular formula is C15H13N3O. The minimum atomic E-state index is -0.186. The van der Waals surface area contributed by atoms with Crippen LogP contribution in [0.5, 0.6) is 0 Å². The van der Waals surface area contributed by atoms with Gasteiger partial charge < -0.3 is 5.32 Å². The number of rotatable bonds is 3. The maximum atomic E-state index is 12.1. The molecule has 1 amide bonds. The molecule has 94 valence electrons. The van der Waals surface area contributed by atoms with Gasteiger partial charge in [0.2, 0.25) is 0 Å². The molecule has 1 heterocycles. The molecule has 4 heteroatoms. The van der Waals surface area contributed by atoms with Crippen LogP contribution in [0, 0.1) is 11.3 Å². The van der Waals surface area contributed by atoms with Crippen molar-refractivity contribution in [1.82, 2.24) is 4.98 Å². The Kier molecular flexibility index (Phi) is 3.89. The smallest absolute Gasteiger partial charge is 0.257 e. The summed E-state index contributed by atoms with van der Waals surface area (Å²) in [6, 6.07) is 12.7. The molecule has 1 aromatic heterocycles. The van der Waals surface area contributed by atoms with Gasteiger partial charge in [-0.2, -0.15) is 5.26 Å². The Morgan fingerprint density at radius 2 is 2.11 bits per heavy atom. The number of nitrogens with zero attached hydrogens (tertiary/aromatic N) is 2. The molecule has 0 aliphatic rings. The standard InChI is InChI=1S/C15H13N3O/c1-2-12-5-3-4-6-13(12)15(19)18-14-8-7-11(9-16)10-17-14/h3-8,10H,2H2,1H3,(H,17,18,19). The van der Waals surface area contributed by atoms with Gasteiger partial charge in [-0.15, -0.1) is 0 Å². The van der Waals surface area contributed by atoms with Crippen molar-refractivity contribution in [3.8, 4) is 6.07 Å². The van der Waals surface area contributed by atoms with Crippen molar-refractivity contribution in [2.24, 2.45) is 0 Å². The fourth-order valence-corrected chi connectivity index (χ4v) is 1.77. The van der Waals surface area contributed by atoms with Crippen molar-refractivity contribution in [2.75, 3.05) is 5.32 Å². The molecule has 4 nitrogen and oxygen atoms in total. The fourth-order valence-electron chi connectivity index (χ4n) is 1.77. The molecule has 0 spiro atoms. The second-order valence-corrected chi connectivity index (χ2v) is 4.01. The van der Waals surface area contributed by atoms with Crippen molar-refractivity contribution < 1.29 is 4.79 Å². The summed E-state index contributed by atoms with van der Waals surface area (Å²) in [4.78, 5) is 16.1. The Morgan fingerprint density at radius 3 is 2.74 bits per heavy atom. The van der Waals surface area contributed by atoms with Crippen LogP contribution in [0.1, 0.15) is 28.4 Å². The Bertz CT molecular complexity index is 627. The number of anilines is 1. The normalized spacial score (nSPS) is 9.68. The van der Waals surface area contributed by atoms with Crippen LogP contribution in [0.2, 0.25) is 0 Å². The summed E-state index contributed by atoms with van der Waals surface area (Å²) in [6.45, 7) is 2.01. The number of benzene rings is 1. The Balaban J connectivity index is 2.18. The first-order valence-corrected chi connectivity index (χ1v) is 6.00. The maximum absolute atomic E-state index is 12.1. The average Bonchev–Trinajstić information content (AvgIpc) is 2.48. The van der Waals surface area contributed by atoms with Crippen LogP contribution in [-0.2, 0) is 6.42 Å². The number of nitriles is 1. The van der Waals surface area contributed by atoms with E-state index in [1.807, 2.05) is 31.2 Å². The highest BCUT2D eigenvalue weighted by molar-refractivity contribution is 6.04. The van der Waals surface area contributed by atoms with E-state index in [1.54, 1.807) is 18.2 Å². The number of amides is 1. The lowest BCUT2D eigenvalue weighted by molar-refractivity contribution is 0.102. The van der Waals surface area contributed by atoms with Crippen molar-refractivity contribution in [3.05, 3.63) is 59.3 Å². The van der Waals surface area contributed by atoms with Gasteiger partial charge in [0.25, 0.3) is 5.91 Å². The highest BCUT2D eigenvalue weighted by Gasteiger charge is 2.10. The third-order valence-electron chi connectivity index (χ3n) is 2.78. The van der Waals surface area contributed by atoms with Crippen molar-refractivity contribution in [1.29, 1.82) is 5.26 Å². The number of pyridine rings is 1. The molecule has 0 atom stereocenters. The van der Waals surface area contributed by atoms with Gasteiger partial charge in [-0.05, 0) is 30.2 Å². The number of aryl methyl sites for hydroxylation is 1. The van der Waals surface area contributed by atoms with E-state index in [9.17, 15) is 4.79 Å². The number of hydrogen-bond donors (Lipinski definition) is 1. The second kappa shape index (κ2) is 5.78. The van der Waals surface area contributed by atoms with E-state index in [0.717, 1.165) is 12.0 Å². The van der Waals surface area contributed by atoms with Crippen LogP contribution < -0.4 is 5.32 Å². The summed E-state index contributed by atoms with van der Waals surface area (Å²) in [5.74, 6) is 0.254. The fraction of sp³-hybridized carbons (Fsp3) is 0.133. The molecule has 19 heavy (non-hydrogen) atoms. The van der Waals surface area contributed by atoms with E-state index >= 15 is 0 Å². The predicted molar refractivity (Wildman–Crippen MR) is 72.7 cm³/mol. The van der Waals surface area contributed by atoms with Gasteiger partial charge >= 0.3 is 0 Å². The van der Waals surface area contributed by atoms with E-state index in [4.69, 9.17) is 5.26 Å². The van der Waals surface area contributed by atoms with E-state index < -0.39 is 0 Å². The van der Waals surface area contributed by atoms with Crippen LogP contribution in [0.25, 0.3) is 0 Å². The molecule has 2 aromatic rings. The zero-order chi connectivity index (χ0) is 13.7. The van der Waals surface area contributed by atoms with E-state index in [1.165, 1.54) is 6.20 Å². The number of carbonyl (C=O) groups excluding carboxylic acids is 1. The Hall–Kier alpha value is -2.67. The van der Waals surface area contributed by atoms with Gasteiger partial charge in [-0.3, -0.25) is 4.79 Å². The van der Waals surface area contributed by atoms with Crippen LogP contribution >= 0.6 is 0 Å². The zero-order valence-electron chi connectivity index (χ0n) is 10.6. The van der Waals surface area contributed by atoms with Gasteiger partial charge in [-0.25, -0.2) is 4.98 Å². The average molecular weight is 251 g/mol. The van der Waals surface area contributed by atoms with E-state index in [2.05, 4.69) is 10.3 Å². The first-order chi connectivity index (χ1) is 9.24. The summed E-state index contributed by atoms with van der Waals surface area (Å²) < 4.78 is 0. The van der Waals surface area contributed by atoms with Crippen molar-refractivity contribution in [2.45, 2.75) is 13.3 Å². The summed E-state index contributed by atoms with van der Waals surface area (Å²) >= 11 is 0. The molecule has 1 aromatic carbocycles. The van der Waals surface area contributed by atoms with Crippen LogP contribution in [0.4, 0.5) is 5.82 Å². The van der Waals surface area contributed by atoms with E-state index in [-0.39, 0.29) is 5.91 Å². The van der Waals surface area contributed by atoms with Gasteiger partial charge in [0.05, 0.1) is 5.56 Å². The summed E-state index contributed by atoms with van der Waals surface area (Å²) in [6.07, 6.45) is 2.23. The first kappa shape index (κ1) is 12.8. The molecule has 0 saturated heterocycles. The molecule has 2 rings (SSSR count). The van der Waals surface area contributed by atoms with Gasteiger partial charge in [-0.1, -0.05) is 25.1 Å². The van der Waals surface area contributed by atoms with Crippen LogP contribution in [0.15, 0.2) is 42.6 Å². The third kappa shape index (κ3) is 2.96. The molecule has 0 unspecified atom stereocenters. The maximum Gasteiger partial charge on any atom is 0.257 e. The molecule has 0 radical (unpaired) electrons. The van der Waals surface area contributed by atoms with Crippen LogP contribution in [0.3, 0.4) is 0 Å². The number of carbonyl (C=O) groups is 1.